The second-order valence-electron chi connectivity index (χ2n) is 4.95. The maximum Gasteiger partial charge on any atom is 0.277 e. The van der Waals surface area contributed by atoms with Gasteiger partial charge in [-0.2, -0.15) is 0 Å². The Labute approximate surface area is 152 Å². The van der Waals surface area contributed by atoms with Crippen LogP contribution in [0.4, 0.5) is 10.1 Å². The van der Waals surface area contributed by atoms with E-state index in [1.807, 2.05) is 30.5 Å². The molecule has 0 atom stereocenters. The van der Waals surface area contributed by atoms with E-state index in [4.69, 9.17) is 4.42 Å². The Morgan fingerprint density at radius 3 is 2.76 bits per heavy atom. The lowest BCUT2D eigenvalue weighted by molar-refractivity contribution is -0.113. The summed E-state index contributed by atoms with van der Waals surface area (Å²) in [4.78, 5) is 13.1. The van der Waals surface area contributed by atoms with Gasteiger partial charge >= 0.3 is 0 Å². The Balaban J connectivity index is 1.56. The molecule has 1 aromatic heterocycles. The molecular weight excluding hydrogens is 361 g/mol. The molecule has 3 rings (SSSR count). The van der Waals surface area contributed by atoms with Gasteiger partial charge in [-0.15, -0.1) is 22.0 Å². The molecule has 0 saturated heterocycles. The molecule has 0 radical (unpaired) electrons. The van der Waals surface area contributed by atoms with Gasteiger partial charge in [0.05, 0.1) is 5.75 Å². The third-order valence-corrected chi connectivity index (χ3v) is 4.72. The van der Waals surface area contributed by atoms with E-state index in [1.165, 1.54) is 12.1 Å². The standard InChI is InChI=1S/C17H14FN3O2S2/c1-24-14-4-2-3-13(9-14)19-15(22)10-25-17-21-20-16(23-17)11-5-7-12(18)8-6-11/h2-9H,10H2,1H3,(H,19,22). The average Bonchev–Trinajstić information content (AvgIpc) is 3.10. The molecule has 5 nitrogen and oxygen atoms in total. The van der Waals surface area contributed by atoms with Crippen LogP contribution in [0.25, 0.3) is 11.5 Å². The molecule has 25 heavy (non-hydrogen) atoms. The Hall–Kier alpha value is -2.32. The first-order valence-corrected chi connectivity index (χ1v) is 9.51. The van der Waals surface area contributed by atoms with Crippen LogP contribution < -0.4 is 5.32 Å². The summed E-state index contributed by atoms with van der Waals surface area (Å²) in [6, 6.07) is 13.4. The van der Waals surface area contributed by atoms with Crippen LogP contribution in [-0.4, -0.2) is 28.1 Å². The number of thioether (sulfide) groups is 2. The van der Waals surface area contributed by atoms with Crippen molar-refractivity contribution in [1.82, 2.24) is 10.2 Å². The summed E-state index contributed by atoms with van der Waals surface area (Å²) < 4.78 is 18.4. The molecule has 0 unspecified atom stereocenters. The zero-order valence-corrected chi connectivity index (χ0v) is 14.9. The molecule has 0 spiro atoms. The number of hydrogen-bond donors (Lipinski definition) is 1. The minimum atomic E-state index is -0.333. The van der Waals surface area contributed by atoms with E-state index in [9.17, 15) is 9.18 Å². The van der Waals surface area contributed by atoms with Crippen molar-refractivity contribution in [2.45, 2.75) is 10.1 Å². The molecule has 0 aliphatic carbocycles. The molecule has 0 bridgehead atoms. The van der Waals surface area contributed by atoms with Gasteiger partial charge in [-0.1, -0.05) is 17.8 Å². The number of anilines is 1. The molecule has 1 heterocycles. The van der Waals surface area contributed by atoms with E-state index < -0.39 is 0 Å². The van der Waals surface area contributed by atoms with Crippen molar-refractivity contribution in [3.05, 3.63) is 54.3 Å². The van der Waals surface area contributed by atoms with Gasteiger partial charge in [0.15, 0.2) is 0 Å². The highest BCUT2D eigenvalue weighted by molar-refractivity contribution is 7.99. The lowest BCUT2D eigenvalue weighted by Gasteiger charge is -2.05. The van der Waals surface area contributed by atoms with Crippen LogP contribution >= 0.6 is 23.5 Å². The van der Waals surface area contributed by atoms with E-state index in [1.54, 1.807) is 23.9 Å². The Bertz CT molecular complexity index is 868. The summed E-state index contributed by atoms with van der Waals surface area (Å²) in [5, 5.41) is 10.9. The van der Waals surface area contributed by atoms with E-state index in [-0.39, 0.29) is 28.6 Å². The van der Waals surface area contributed by atoms with Crippen molar-refractivity contribution in [2.75, 3.05) is 17.3 Å². The largest absolute Gasteiger partial charge is 0.411 e. The molecule has 0 aliphatic rings. The summed E-state index contributed by atoms with van der Waals surface area (Å²) >= 11 is 2.75. The van der Waals surface area contributed by atoms with Gasteiger partial charge in [-0.3, -0.25) is 4.79 Å². The van der Waals surface area contributed by atoms with E-state index >= 15 is 0 Å². The van der Waals surface area contributed by atoms with Gasteiger partial charge in [0.25, 0.3) is 5.22 Å². The molecule has 3 aromatic rings. The van der Waals surface area contributed by atoms with Gasteiger partial charge in [-0.25, -0.2) is 4.39 Å². The molecule has 0 fully saturated rings. The summed E-state index contributed by atoms with van der Waals surface area (Å²) in [6.45, 7) is 0. The monoisotopic (exact) mass is 375 g/mol. The fourth-order valence-electron chi connectivity index (χ4n) is 2.00. The minimum Gasteiger partial charge on any atom is -0.411 e. The predicted octanol–water partition coefficient (Wildman–Crippen LogP) is 4.33. The number of rotatable bonds is 6. The zero-order chi connectivity index (χ0) is 17.6. The highest BCUT2D eigenvalue weighted by Gasteiger charge is 2.11. The molecule has 0 aliphatic heterocycles. The van der Waals surface area contributed by atoms with Crippen LogP contribution in [-0.2, 0) is 4.79 Å². The zero-order valence-electron chi connectivity index (χ0n) is 13.2. The maximum absolute atomic E-state index is 12.9. The minimum absolute atomic E-state index is 0.147. The fraction of sp³-hybridized carbons (Fsp3) is 0.118. The lowest BCUT2D eigenvalue weighted by atomic mass is 10.2. The summed E-state index contributed by atoms with van der Waals surface area (Å²) in [5.41, 5.74) is 1.37. The Morgan fingerprint density at radius 1 is 1.20 bits per heavy atom. The van der Waals surface area contributed by atoms with Crippen LogP contribution in [0, 0.1) is 5.82 Å². The van der Waals surface area contributed by atoms with Gasteiger partial charge in [0, 0.05) is 16.1 Å². The number of hydrogen-bond acceptors (Lipinski definition) is 6. The Kier molecular flexibility index (Phi) is 5.72. The van der Waals surface area contributed by atoms with Crippen LogP contribution in [0.3, 0.4) is 0 Å². The number of benzene rings is 2. The number of nitrogens with one attached hydrogen (secondary N) is 1. The third-order valence-electron chi connectivity index (χ3n) is 3.18. The smallest absolute Gasteiger partial charge is 0.277 e. The van der Waals surface area contributed by atoms with Crippen LogP contribution in [0.2, 0.25) is 0 Å². The number of nitrogens with zero attached hydrogens (tertiary/aromatic N) is 2. The van der Waals surface area contributed by atoms with E-state index in [0.717, 1.165) is 22.3 Å². The van der Waals surface area contributed by atoms with Crippen LogP contribution in [0.5, 0.6) is 0 Å². The highest BCUT2D eigenvalue weighted by Crippen LogP contribution is 2.24. The van der Waals surface area contributed by atoms with Gasteiger partial charge in [0.2, 0.25) is 11.8 Å². The average molecular weight is 375 g/mol. The summed E-state index contributed by atoms with van der Waals surface area (Å²) in [5.74, 6) is -0.0606. The first kappa shape index (κ1) is 17.5. The van der Waals surface area contributed by atoms with Crippen molar-refractivity contribution < 1.29 is 13.6 Å². The maximum atomic E-state index is 12.9. The van der Waals surface area contributed by atoms with Crippen molar-refractivity contribution in [3.8, 4) is 11.5 Å². The topological polar surface area (TPSA) is 68.0 Å². The van der Waals surface area contributed by atoms with Crippen molar-refractivity contribution in [2.24, 2.45) is 0 Å². The third kappa shape index (κ3) is 4.83. The van der Waals surface area contributed by atoms with Crippen LogP contribution in [0.1, 0.15) is 0 Å². The number of carbonyl (C=O) groups is 1. The van der Waals surface area contributed by atoms with Gasteiger partial charge in [0.1, 0.15) is 5.82 Å². The van der Waals surface area contributed by atoms with E-state index in [2.05, 4.69) is 15.5 Å². The summed E-state index contributed by atoms with van der Waals surface area (Å²) in [6.07, 6.45) is 1.98. The lowest BCUT2D eigenvalue weighted by Crippen LogP contribution is -2.13. The van der Waals surface area contributed by atoms with Crippen molar-refractivity contribution >= 4 is 35.1 Å². The number of aromatic nitrogens is 2. The molecular formula is C17H14FN3O2S2. The number of amides is 1. The molecule has 2 aromatic carbocycles. The van der Waals surface area contributed by atoms with E-state index in [0.29, 0.717) is 5.56 Å². The molecule has 1 amide bonds. The molecule has 8 heteroatoms. The normalized spacial score (nSPS) is 10.6. The first-order valence-electron chi connectivity index (χ1n) is 7.30. The van der Waals surface area contributed by atoms with Gasteiger partial charge in [-0.05, 0) is 48.7 Å². The SMILES string of the molecule is CSc1cccc(NC(=O)CSc2nnc(-c3ccc(F)cc3)o2)c1. The second-order valence-corrected chi connectivity index (χ2v) is 6.76. The molecule has 128 valence electrons. The quantitative estimate of drug-likeness (QED) is 0.647. The number of halogens is 1. The fourth-order valence-corrected chi connectivity index (χ4v) is 3.03. The second kappa shape index (κ2) is 8.17. The molecule has 0 saturated carbocycles. The van der Waals surface area contributed by atoms with Crippen molar-refractivity contribution in [3.63, 3.8) is 0 Å². The van der Waals surface area contributed by atoms with Crippen molar-refractivity contribution in [1.29, 1.82) is 0 Å². The Morgan fingerprint density at radius 2 is 2.00 bits per heavy atom. The first-order chi connectivity index (χ1) is 12.1. The van der Waals surface area contributed by atoms with Crippen LogP contribution in [0.15, 0.2) is 63.1 Å². The molecule has 1 N–H and O–H groups in total. The van der Waals surface area contributed by atoms with Gasteiger partial charge < -0.3 is 9.73 Å². The highest BCUT2D eigenvalue weighted by atomic mass is 32.2. The summed E-state index contributed by atoms with van der Waals surface area (Å²) in [7, 11) is 0. The number of carbonyl (C=O) groups excluding carboxylic acids is 1. The predicted molar refractivity (Wildman–Crippen MR) is 97.3 cm³/mol.